The number of aromatic nitrogens is 1. The number of aryl methyl sites for hydroxylation is 1. The minimum Gasteiger partial charge on any atom is -0.493 e. The predicted octanol–water partition coefficient (Wildman–Crippen LogP) is 9.02. The van der Waals surface area contributed by atoms with Gasteiger partial charge >= 0.3 is 11.9 Å². The second-order valence-electron chi connectivity index (χ2n) is 12.8. The van der Waals surface area contributed by atoms with Crippen LogP contribution < -0.4 is 28.4 Å². The molecule has 1 aromatic heterocycles. The van der Waals surface area contributed by atoms with Crippen molar-refractivity contribution in [2.45, 2.75) is 82.1 Å². The quantitative estimate of drug-likeness (QED) is 0.0908. The number of hydrogen-bond acceptors (Lipinski definition) is 9. The van der Waals surface area contributed by atoms with E-state index >= 15 is 0 Å². The summed E-state index contributed by atoms with van der Waals surface area (Å²) in [7, 11) is 6.58. The number of methoxy groups -OCH3 is 4. The van der Waals surface area contributed by atoms with Crippen LogP contribution >= 0.6 is 23.1 Å². The summed E-state index contributed by atoms with van der Waals surface area (Å²) in [6.45, 7) is 1.56. The lowest BCUT2D eigenvalue weighted by molar-refractivity contribution is -0.669. The first-order valence-electron chi connectivity index (χ1n) is 17.8. The van der Waals surface area contributed by atoms with Crippen LogP contribution in [0.2, 0.25) is 0 Å². The molecule has 0 bridgehead atoms. The van der Waals surface area contributed by atoms with Gasteiger partial charge in [0, 0.05) is 55.0 Å². The van der Waals surface area contributed by atoms with Gasteiger partial charge in [0.1, 0.15) is 4.70 Å². The van der Waals surface area contributed by atoms with Crippen LogP contribution in [-0.4, -0.2) is 57.1 Å². The van der Waals surface area contributed by atoms with Crippen molar-refractivity contribution in [3.63, 3.8) is 0 Å². The van der Waals surface area contributed by atoms with Crippen molar-refractivity contribution < 1.29 is 43.3 Å². The van der Waals surface area contributed by atoms with Crippen LogP contribution in [0.1, 0.15) is 75.6 Å². The topological polar surface area (TPSA) is 119 Å². The van der Waals surface area contributed by atoms with Gasteiger partial charge in [0.25, 0.3) is 5.01 Å². The molecule has 5 rings (SSSR count). The van der Waals surface area contributed by atoms with Gasteiger partial charge in [-0.1, -0.05) is 47.7 Å². The van der Waals surface area contributed by atoms with Gasteiger partial charge in [0.2, 0.25) is 5.52 Å². The number of thioether (sulfide) groups is 1. The minimum absolute atomic E-state index is 0.190. The number of ether oxygens (including phenoxy) is 4. The highest BCUT2D eigenvalue weighted by molar-refractivity contribution is 8.03. The maximum atomic E-state index is 11.0. The zero-order valence-corrected chi connectivity index (χ0v) is 32.1. The van der Waals surface area contributed by atoms with E-state index in [0.717, 1.165) is 88.9 Å². The van der Waals surface area contributed by atoms with Crippen molar-refractivity contribution in [2.75, 3.05) is 39.9 Å². The fourth-order valence-electron chi connectivity index (χ4n) is 6.51. The molecule has 1 aliphatic carbocycles. The number of hydrogen-bond donors (Lipinski definition) is 2. The minimum atomic E-state index is -0.754. The van der Waals surface area contributed by atoms with Gasteiger partial charge in [-0.05, 0) is 62.2 Å². The van der Waals surface area contributed by atoms with Gasteiger partial charge in [0.05, 0.1) is 45.2 Å². The third kappa shape index (κ3) is 9.92. The first-order valence-corrected chi connectivity index (χ1v) is 19.4. The third-order valence-electron chi connectivity index (χ3n) is 9.20. The number of thiazole rings is 1. The highest BCUT2D eigenvalue weighted by Gasteiger charge is 2.27. The Morgan fingerprint density at radius 2 is 1.44 bits per heavy atom. The third-order valence-corrected chi connectivity index (χ3v) is 11.4. The number of carbonyl (C=O) groups is 2. The van der Waals surface area contributed by atoms with Crippen molar-refractivity contribution in [2.24, 2.45) is 0 Å². The zero-order chi connectivity index (χ0) is 37.0. The Kier molecular flexibility index (Phi) is 14.1. The van der Waals surface area contributed by atoms with E-state index in [0.29, 0.717) is 35.8 Å². The van der Waals surface area contributed by atoms with Gasteiger partial charge in [-0.25, -0.2) is 0 Å². The summed E-state index contributed by atoms with van der Waals surface area (Å²) in [5, 5.41) is 20.4. The molecule has 2 N–H and O–H groups in total. The van der Waals surface area contributed by atoms with E-state index in [2.05, 4.69) is 39.8 Å². The maximum absolute atomic E-state index is 11.0. The zero-order valence-electron chi connectivity index (χ0n) is 30.4. The second kappa shape index (κ2) is 18.9. The lowest BCUT2D eigenvalue weighted by atomic mass is 9.94. The molecular formula is C40H49N2O8S2+. The van der Waals surface area contributed by atoms with Crippen LogP contribution in [0, 0.1) is 0 Å². The van der Waals surface area contributed by atoms with Crippen LogP contribution in [0.25, 0.3) is 16.3 Å². The van der Waals surface area contributed by atoms with E-state index in [1.165, 1.54) is 11.1 Å². The summed E-state index contributed by atoms with van der Waals surface area (Å²) in [5.41, 5.74) is 4.68. The summed E-state index contributed by atoms with van der Waals surface area (Å²) in [6.07, 6.45) is 19.3. The van der Waals surface area contributed by atoms with Crippen molar-refractivity contribution >= 4 is 57.0 Å². The predicted molar refractivity (Wildman–Crippen MR) is 207 cm³/mol. The molecule has 0 spiro atoms. The molecule has 3 aromatic rings. The number of anilines is 1. The monoisotopic (exact) mass is 749 g/mol. The van der Waals surface area contributed by atoms with E-state index in [9.17, 15) is 9.59 Å². The number of carboxylic acid groups (broad SMARTS) is 2. The summed E-state index contributed by atoms with van der Waals surface area (Å²) < 4.78 is 25.8. The number of aliphatic carboxylic acids is 2. The molecule has 12 heteroatoms. The molecule has 2 aromatic carbocycles. The number of allylic oxidation sites excluding steroid dienone is 6. The van der Waals surface area contributed by atoms with Crippen LogP contribution in [0.4, 0.5) is 5.69 Å². The Morgan fingerprint density at radius 1 is 0.788 bits per heavy atom. The largest absolute Gasteiger partial charge is 0.493 e. The maximum Gasteiger partial charge on any atom is 0.303 e. The number of benzene rings is 2. The molecule has 52 heavy (non-hydrogen) atoms. The highest BCUT2D eigenvalue weighted by Crippen LogP contribution is 2.50. The summed E-state index contributed by atoms with van der Waals surface area (Å²) in [4.78, 5) is 25.4. The van der Waals surface area contributed by atoms with Crippen molar-refractivity contribution in [1.82, 2.24) is 0 Å². The van der Waals surface area contributed by atoms with Gasteiger partial charge < -0.3 is 34.1 Å². The molecule has 0 atom stereocenters. The van der Waals surface area contributed by atoms with Crippen LogP contribution in [-0.2, 0) is 16.1 Å². The number of rotatable bonds is 19. The van der Waals surface area contributed by atoms with E-state index in [1.807, 2.05) is 24.3 Å². The smallest absolute Gasteiger partial charge is 0.303 e. The Hall–Kier alpha value is -4.42. The number of unbranched alkanes of at least 4 members (excludes halogenated alkanes) is 4. The Labute approximate surface area is 314 Å². The Morgan fingerprint density at radius 3 is 2.13 bits per heavy atom. The number of carboxylic acids is 2. The molecule has 2 aliphatic rings. The number of fused-ring (bicyclic) bond motifs is 2. The molecule has 0 saturated heterocycles. The van der Waals surface area contributed by atoms with Gasteiger partial charge in [-0.2, -0.15) is 4.57 Å². The molecule has 0 radical (unpaired) electrons. The lowest BCUT2D eigenvalue weighted by Gasteiger charge is -2.21. The average Bonchev–Trinajstić information content (AvgIpc) is 3.66. The molecule has 0 saturated carbocycles. The lowest BCUT2D eigenvalue weighted by Crippen LogP contribution is -2.35. The van der Waals surface area contributed by atoms with Gasteiger partial charge in [-0.15, -0.1) is 0 Å². The summed E-state index contributed by atoms with van der Waals surface area (Å²) >= 11 is 3.42. The normalized spacial score (nSPS) is 15.8. The second-order valence-corrected chi connectivity index (χ2v) is 14.9. The standard InChI is InChI=1S/C40H48N2O8S2/c1-47-31-23-29-35(25-33(31)49-3)51-37(41(29)20-9-5-7-14-39(43)44)18-16-27-12-11-13-28(22-27)17-19-38-42(21-10-6-8-15-40(45)46)30-24-32(48-2)34(50-4)26-36(30)52-38/h16-19,22-26H,5-15,20-21H2,1-4H3,(H-,43,44,45,46)/p+1. The SMILES string of the molecule is COc1cc2c(cc1OC)N(CCCCCC(=O)O)C(=CC=C1C=C(C=Cc3sc4cc(OC)c(OC)cc4[n+]3CCCCCC(=O)O)CCC1)S2. The van der Waals surface area contributed by atoms with Gasteiger partial charge in [0.15, 0.2) is 29.5 Å². The molecule has 0 amide bonds. The van der Waals surface area contributed by atoms with Crippen molar-refractivity contribution in [3.05, 3.63) is 69.8 Å². The molecule has 0 unspecified atom stereocenters. The highest BCUT2D eigenvalue weighted by atomic mass is 32.2. The molecular weight excluding hydrogens is 701 g/mol. The molecule has 1 aliphatic heterocycles. The van der Waals surface area contributed by atoms with Crippen molar-refractivity contribution in [3.8, 4) is 23.0 Å². The van der Waals surface area contributed by atoms with Crippen LogP contribution in [0.3, 0.4) is 0 Å². The summed E-state index contributed by atoms with van der Waals surface area (Å²) in [6, 6.07) is 8.10. The number of nitrogens with zero attached hydrogens (tertiary/aromatic N) is 2. The van der Waals surface area contributed by atoms with Crippen molar-refractivity contribution in [1.29, 1.82) is 0 Å². The molecule has 0 fully saturated rings. The average molecular weight is 750 g/mol. The van der Waals surface area contributed by atoms with E-state index in [4.69, 9.17) is 29.2 Å². The molecule has 278 valence electrons. The first-order chi connectivity index (χ1) is 25.2. The molecule has 2 heterocycles. The molecule has 10 nitrogen and oxygen atoms in total. The Bertz CT molecular complexity index is 1880. The van der Waals surface area contributed by atoms with Crippen LogP contribution in [0.5, 0.6) is 23.0 Å². The van der Waals surface area contributed by atoms with E-state index in [-0.39, 0.29) is 12.8 Å². The van der Waals surface area contributed by atoms with E-state index in [1.54, 1.807) is 51.5 Å². The fraction of sp³-hybridized carbons (Fsp3) is 0.425. The van der Waals surface area contributed by atoms with Gasteiger partial charge in [-0.3, -0.25) is 9.59 Å². The first kappa shape index (κ1) is 38.8. The Balaban J connectivity index is 1.38. The summed E-state index contributed by atoms with van der Waals surface area (Å²) in [5.74, 6) is 1.24. The van der Waals surface area contributed by atoms with E-state index < -0.39 is 11.9 Å². The van der Waals surface area contributed by atoms with Crippen LogP contribution in [0.15, 0.2) is 69.6 Å². The fourth-order valence-corrected chi connectivity index (χ4v) is 8.71.